The number of benzene rings is 1. The first-order valence-electron chi connectivity index (χ1n) is 10.8. The van der Waals surface area contributed by atoms with Gasteiger partial charge in [0.15, 0.2) is 0 Å². The van der Waals surface area contributed by atoms with Crippen LogP contribution in [0, 0.1) is 0 Å². The van der Waals surface area contributed by atoms with Gasteiger partial charge in [0.25, 0.3) is 0 Å². The summed E-state index contributed by atoms with van der Waals surface area (Å²) in [6.07, 6.45) is 8.65. The number of imidazole rings is 1. The summed E-state index contributed by atoms with van der Waals surface area (Å²) in [5.74, 6) is 1.67. The fourth-order valence-corrected chi connectivity index (χ4v) is 4.89. The van der Waals surface area contributed by atoms with Gasteiger partial charge in [-0.25, -0.2) is 4.98 Å². The molecule has 2 fully saturated rings. The third-order valence-electron chi connectivity index (χ3n) is 6.33. The summed E-state index contributed by atoms with van der Waals surface area (Å²) in [6, 6.07) is 8.37. The lowest BCUT2D eigenvalue weighted by Gasteiger charge is -2.30. The molecule has 1 saturated heterocycles. The molecule has 3 aromatic heterocycles. The predicted molar refractivity (Wildman–Crippen MR) is 117 cm³/mol. The van der Waals surface area contributed by atoms with Crippen LogP contribution in [0.15, 0.2) is 36.7 Å². The van der Waals surface area contributed by atoms with Crippen molar-refractivity contribution in [2.45, 2.75) is 57.2 Å². The molecule has 154 valence electrons. The maximum atomic E-state index is 6.36. The molecule has 0 spiro atoms. The Morgan fingerprint density at radius 1 is 1.17 bits per heavy atom. The van der Waals surface area contributed by atoms with E-state index < -0.39 is 0 Å². The summed E-state index contributed by atoms with van der Waals surface area (Å²) in [7, 11) is 0. The molecule has 0 amide bonds. The Hall–Kier alpha value is -2.44. The number of pyridine rings is 1. The van der Waals surface area contributed by atoms with Crippen molar-refractivity contribution in [2.75, 3.05) is 6.61 Å². The molecule has 4 aromatic rings. The van der Waals surface area contributed by atoms with E-state index in [1.54, 1.807) is 0 Å². The zero-order chi connectivity index (χ0) is 20.2. The molecule has 0 bridgehead atoms. The van der Waals surface area contributed by atoms with Crippen LogP contribution in [0.4, 0.5) is 0 Å². The molecule has 4 heterocycles. The van der Waals surface area contributed by atoms with Crippen molar-refractivity contribution in [3.05, 3.63) is 53.2 Å². The maximum Gasteiger partial charge on any atom is 0.132 e. The summed E-state index contributed by atoms with van der Waals surface area (Å²) < 4.78 is 10.3. The molecule has 1 aromatic carbocycles. The lowest BCUT2D eigenvalue weighted by molar-refractivity contribution is 0.00619. The third-order valence-corrected chi connectivity index (χ3v) is 6.57. The first-order chi connectivity index (χ1) is 14.7. The van der Waals surface area contributed by atoms with Crippen LogP contribution in [0.3, 0.4) is 0 Å². The second kappa shape index (κ2) is 7.06. The third kappa shape index (κ3) is 3.19. The van der Waals surface area contributed by atoms with Crippen molar-refractivity contribution < 1.29 is 4.74 Å². The topological polar surface area (TPSA) is 57.8 Å². The van der Waals surface area contributed by atoms with Gasteiger partial charge in [-0.1, -0.05) is 11.6 Å². The molecule has 1 unspecified atom stereocenters. The molecular formula is C23H24ClN5O. The Kier molecular flexibility index (Phi) is 4.32. The normalized spacial score (nSPS) is 22.2. The fourth-order valence-electron chi connectivity index (χ4n) is 4.72. The molecule has 1 aliphatic heterocycles. The van der Waals surface area contributed by atoms with E-state index in [2.05, 4.69) is 28.7 Å². The molecule has 0 N–H and O–H groups in total. The molecule has 1 aliphatic carbocycles. The Morgan fingerprint density at radius 3 is 2.90 bits per heavy atom. The second-order valence-corrected chi connectivity index (χ2v) is 9.06. The number of aromatic nitrogens is 5. The smallest absolute Gasteiger partial charge is 0.132 e. The van der Waals surface area contributed by atoms with Crippen LogP contribution in [-0.4, -0.2) is 37.0 Å². The average molecular weight is 422 g/mol. The van der Waals surface area contributed by atoms with E-state index in [-0.39, 0.29) is 6.10 Å². The average Bonchev–Trinajstić information content (AvgIpc) is 3.37. The minimum absolute atomic E-state index is 0.233. The standard InChI is InChI=1S/C23H24ClN5O/c1-14-10-17(7-9-30-14)29-22(13-28-8-6-19(27-28)15-2-3-15)26-21-12-25-20-5-4-16(24)11-18(20)23(21)29/h4-6,8,11-12,14-15,17H,2-3,7,9-10,13H2,1H3/t14-,17?/m1/s1. The van der Waals surface area contributed by atoms with Crippen molar-refractivity contribution in [3.8, 4) is 0 Å². The SMILES string of the molecule is C[C@@H]1CC(n2c(Cn3ccc(C4CC4)n3)nc3cnc4ccc(Cl)cc4c32)CCO1. The van der Waals surface area contributed by atoms with E-state index in [4.69, 9.17) is 26.4 Å². The van der Waals surface area contributed by atoms with Gasteiger partial charge < -0.3 is 9.30 Å². The number of hydrogen-bond acceptors (Lipinski definition) is 4. The van der Waals surface area contributed by atoms with E-state index in [0.29, 0.717) is 23.5 Å². The predicted octanol–water partition coefficient (Wildman–Crippen LogP) is 5.10. The van der Waals surface area contributed by atoms with E-state index in [1.807, 2.05) is 29.1 Å². The van der Waals surface area contributed by atoms with Gasteiger partial charge in [0, 0.05) is 35.2 Å². The lowest BCUT2D eigenvalue weighted by atomic mass is 10.0. The highest BCUT2D eigenvalue weighted by atomic mass is 35.5. The molecule has 6 nitrogen and oxygen atoms in total. The Balaban J connectivity index is 1.52. The van der Waals surface area contributed by atoms with Crippen LogP contribution in [0.5, 0.6) is 0 Å². The van der Waals surface area contributed by atoms with Gasteiger partial charge >= 0.3 is 0 Å². The lowest BCUT2D eigenvalue weighted by Crippen LogP contribution is -2.27. The zero-order valence-corrected chi connectivity index (χ0v) is 17.7. The van der Waals surface area contributed by atoms with E-state index in [9.17, 15) is 0 Å². The highest BCUT2D eigenvalue weighted by Gasteiger charge is 2.28. The van der Waals surface area contributed by atoms with Gasteiger partial charge in [0.2, 0.25) is 0 Å². The number of rotatable bonds is 4. The van der Waals surface area contributed by atoms with E-state index in [0.717, 1.165) is 47.2 Å². The maximum absolute atomic E-state index is 6.36. The molecule has 2 atom stereocenters. The van der Waals surface area contributed by atoms with Crippen LogP contribution in [0.25, 0.3) is 21.9 Å². The summed E-state index contributed by atoms with van der Waals surface area (Å²) in [5, 5.41) is 6.59. The molecule has 7 heteroatoms. The van der Waals surface area contributed by atoms with Crippen molar-refractivity contribution in [3.63, 3.8) is 0 Å². The van der Waals surface area contributed by atoms with Gasteiger partial charge in [0.05, 0.1) is 35.6 Å². The first-order valence-corrected chi connectivity index (χ1v) is 11.1. The Labute approximate surface area is 179 Å². The summed E-state index contributed by atoms with van der Waals surface area (Å²) in [4.78, 5) is 9.64. The summed E-state index contributed by atoms with van der Waals surface area (Å²) in [5.41, 5.74) is 4.17. The Bertz CT molecular complexity index is 1240. The highest BCUT2D eigenvalue weighted by molar-refractivity contribution is 6.31. The molecular weight excluding hydrogens is 398 g/mol. The van der Waals surface area contributed by atoms with Crippen LogP contribution in [0.1, 0.15) is 56.1 Å². The molecule has 30 heavy (non-hydrogen) atoms. The molecule has 1 saturated carbocycles. The van der Waals surface area contributed by atoms with Gasteiger partial charge in [-0.05, 0) is 56.9 Å². The van der Waals surface area contributed by atoms with Crippen LogP contribution < -0.4 is 0 Å². The van der Waals surface area contributed by atoms with E-state index in [1.165, 1.54) is 18.5 Å². The number of nitrogens with zero attached hydrogens (tertiary/aromatic N) is 5. The number of ether oxygens (including phenoxy) is 1. The van der Waals surface area contributed by atoms with Crippen LogP contribution in [0.2, 0.25) is 5.02 Å². The largest absolute Gasteiger partial charge is 0.378 e. The van der Waals surface area contributed by atoms with Crippen LogP contribution in [-0.2, 0) is 11.3 Å². The quantitative estimate of drug-likeness (QED) is 0.460. The number of fused-ring (bicyclic) bond motifs is 3. The molecule has 6 rings (SSSR count). The molecule has 2 aliphatic rings. The fraction of sp³-hybridized carbons (Fsp3) is 0.435. The second-order valence-electron chi connectivity index (χ2n) is 8.62. The van der Waals surface area contributed by atoms with Gasteiger partial charge in [-0.15, -0.1) is 0 Å². The Morgan fingerprint density at radius 2 is 2.07 bits per heavy atom. The van der Waals surface area contributed by atoms with Gasteiger partial charge in [0.1, 0.15) is 11.3 Å². The van der Waals surface area contributed by atoms with Gasteiger partial charge in [-0.2, -0.15) is 5.10 Å². The summed E-state index contributed by atoms with van der Waals surface area (Å²) >= 11 is 6.36. The monoisotopic (exact) mass is 421 g/mol. The number of halogens is 1. The number of hydrogen-bond donors (Lipinski definition) is 0. The summed E-state index contributed by atoms with van der Waals surface area (Å²) in [6.45, 7) is 3.56. The van der Waals surface area contributed by atoms with E-state index >= 15 is 0 Å². The minimum atomic E-state index is 0.233. The van der Waals surface area contributed by atoms with Crippen molar-refractivity contribution in [1.29, 1.82) is 0 Å². The molecule has 0 radical (unpaired) electrons. The minimum Gasteiger partial charge on any atom is -0.378 e. The van der Waals surface area contributed by atoms with Crippen molar-refractivity contribution >= 4 is 33.5 Å². The zero-order valence-electron chi connectivity index (χ0n) is 17.0. The highest BCUT2D eigenvalue weighted by Crippen LogP contribution is 2.39. The van der Waals surface area contributed by atoms with Crippen molar-refractivity contribution in [1.82, 2.24) is 24.3 Å². The van der Waals surface area contributed by atoms with Gasteiger partial charge in [-0.3, -0.25) is 9.67 Å². The van der Waals surface area contributed by atoms with Crippen LogP contribution >= 0.6 is 11.6 Å². The van der Waals surface area contributed by atoms with Crippen molar-refractivity contribution in [2.24, 2.45) is 0 Å². The first kappa shape index (κ1) is 18.3.